The standard InChI is InChI=1S/C21H20ClN3O2S/c22-17-4-6-19(7-5-17)24-8-10-25(11-9-24)21(26)16-2-1-3-20(12-16)27-13-18-14-28-15-23-18/h1-7,12,14-15H,8-11,13H2. The summed E-state index contributed by atoms with van der Waals surface area (Å²) in [6.07, 6.45) is 0. The SMILES string of the molecule is O=C(c1cccc(OCc2cscn2)c1)N1CCN(c2ccc(Cl)cc2)CC1. The second kappa shape index (κ2) is 8.63. The van der Waals surface area contributed by atoms with Crippen LogP contribution < -0.4 is 9.64 Å². The van der Waals surface area contributed by atoms with E-state index in [2.05, 4.69) is 9.88 Å². The largest absolute Gasteiger partial charge is 0.487 e. The summed E-state index contributed by atoms with van der Waals surface area (Å²) in [4.78, 5) is 21.3. The van der Waals surface area contributed by atoms with Gasteiger partial charge in [0.2, 0.25) is 0 Å². The van der Waals surface area contributed by atoms with Crippen LogP contribution in [0, 0.1) is 0 Å². The van der Waals surface area contributed by atoms with Gasteiger partial charge in [-0.15, -0.1) is 11.3 Å². The number of piperazine rings is 1. The number of hydrogen-bond donors (Lipinski definition) is 0. The van der Waals surface area contributed by atoms with Crippen LogP contribution in [-0.4, -0.2) is 42.0 Å². The van der Waals surface area contributed by atoms with Gasteiger partial charge in [-0.1, -0.05) is 17.7 Å². The topological polar surface area (TPSA) is 45.7 Å². The number of thiazole rings is 1. The lowest BCUT2D eigenvalue weighted by atomic mass is 10.1. The zero-order valence-electron chi connectivity index (χ0n) is 15.3. The molecule has 1 fully saturated rings. The number of aromatic nitrogens is 1. The summed E-state index contributed by atoms with van der Waals surface area (Å²) in [5, 5.41) is 2.68. The number of ether oxygens (including phenoxy) is 1. The van der Waals surface area contributed by atoms with Gasteiger partial charge < -0.3 is 14.5 Å². The molecule has 0 N–H and O–H groups in total. The normalized spacial score (nSPS) is 14.2. The third-order valence-electron chi connectivity index (χ3n) is 4.71. The van der Waals surface area contributed by atoms with Gasteiger partial charge in [0.1, 0.15) is 12.4 Å². The maximum Gasteiger partial charge on any atom is 0.254 e. The Morgan fingerprint density at radius 3 is 2.61 bits per heavy atom. The second-order valence-electron chi connectivity index (χ2n) is 6.55. The fourth-order valence-corrected chi connectivity index (χ4v) is 3.86. The van der Waals surface area contributed by atoms with Crippen molar-refractivity contribution in [2.24, 2.45) is 0 Å². The van der Waals surface area contributed by atoms with E-state index in [0.29, 0.717) is 31.0 Å². The molecule has 144 valence electrons. The summed E-state index contributed by atoms with van der Waals surface area (Å²) < 4.78 is 5.77. The Morgan fingerprint density at radius 1 is 1.11 bits per heavy atom. The summed E-state index contributed by atoms with van der Waals surface area (Å²) in [7, 11) is 0. The highest BCUT2D eigenvalue weighted by atomic mass is 35.5. The van der Waals surface area contributed by atoms with Gasteiger partial charge in [-0.05, 0) is 42.5 Å². The van der Waals surface area contributed by atoms with Gasteiger partial charge in [-0.2, -0.15) is 0 Å². The highest BCUT2D eigenvalue weighted by molar-refractivity contribution is 7.07. The smallest absolute Gasteiger partial charge is 0.254 e. The van der Waals surface area contributed by atoms with E-state index in [0.717, 1.165) is 29.5 Å². The molecule has 1 aromatic heterocycles. The third kappa shape index (κ3) is 4.46. The molecule has 2 aromatic carbocycles. The van der Waals surface area contributed by atoms with E-state index in [1.165, 1.54) is 11.3 Å². The van der Waals surface area contributed by atoms with Crippen molar-refractivity contribution < 1.29 is 9.53 Å². The van der Waals surface area contributed by atoms with Crippen LogP contribution in [-0.2, 0) is 6.61 Å². The monoisotopic (exact) mass is 413 g/mol. The number of carbonyl (C=O) groups excluding carboxylic acids is 1. The maximum atomic E-state index is 12.9. The molecule has 1 aliphatic heterocycles. The molecule has 7 heteroatoms. The lowest BCUT2D eigenvalue weighted by molar-refractivity contribution is 0.0746. The van der Waals surface area contributed by atoms with Gasteiger partial charge >= 0.3 is 0 Å². The fourth-order valence-electron chi connectivity index (χ4n) is 3.19. The Labute approximate surface area is 173 Å². The van der Waals surface area contributed by atoms with Crippen molar-refractivity contribution in [2.75, 3.05) is 31.1 Å². The van der Waals surface area contributed by atoms with Crippen molar-refractivity contribution in [3.8, 4) is 5.75 Å². The molecule has 0 unspecified atom stereocenters. The molecule has 1 amide bonds. The first kappa shape index (κ1) is 18.8. The minimum Gasteiger partial charge on any atom is -0.487 e. The van der Waals surface area contributed by atoms with E-state index in [4.69, 9.17) is 16.3 Å². The highest BCUT2D eigenvalue weighted by Gasteiger charge is 2.22. The number of nitrogens with zero attached hydrogens (tertiary/aromatic N) is 3. The Balaban J connectivity index is 1.35. The maximum absolute atomic E-state index is 12.9. The summed E-state index contributed by atoms with van der Waals surface area (Å²) in [6.45, 7) is 3.37. The quantitative estimate of drug-likeness (QED) is 0.624. The Hall–Kier alpha value is -2.57. The van der Waals surface area contributed by atoms with Crippen LogP contribution in [0.3, 0.4) is 0 Å². The lowest BCUT2D eigenvalue weighted by Gasteiger charge is -2.36. The summed E-state index contributed by atoms with van der Waals surface area (Å²) in [5.41, 5.74) is 4.45. The molecule has 1 saturated heterocycles. The van der Waals surface area contributed by atoms with Gasteiger partial charge in [0.15, 0.2) is 0 Å². The Bertz CT molecular complexity index is 923. The molecule has 0 saturated carbocycles. The summed E-state index contributed by atoms with van der Waals surface area (Å²) in [5.74, 6) is 0.716. The molecule has 5 nitrogen and oxygen atoms in total. The molecule has 0 aliphatic carbocycles. The van der Waals surface area contributed by atoms with Crippen LogP contribution in [0.2, 0.25) is 5.02 Å². The predicted molar refractivity (Wildman–Crippen MR) is 112 cm³/mol. The number of carbonyl (C=O) groups is 1. The van der Waals surface area contributed by atoms with E-state index in [1.807, 2.05) is 52.7 Å². The van der Waals surface area contributed by atoms with Crippen LogP contribution in [0.25, 0.3) is 0 Å². The van der Waals surface area contributed by atoms with Crippen LogP contribution >= 0.6 is 22.9 Å². The molecule has 0 bridgehead atoms. The molecule has 4 rings (SSSR count). The van der Waals surface area contributed by atoms with Gasteiger partial charge in [-0.25, -0.2) is 4.98 Å². The van der Waals surface area contributed by atoms with Gasteiger partial charge in [0, 0.05) is 47.8 Å². The third-order valence-corrected chi connectivity index (χ3v) is 5.60. The highest BCUT2D eigenvalue weighted by Crippen LogP contribution is 2.21. The van der Waals surface area contributed by atoms with Crippen molar-refractivity contribution in [1.82, 2.24) is 9.88 Å². The number of hydrogen-bond acceptors (Lipinski definition) is 5. The number of amides is 1. The van der Waals surface area contributed by atoms with E-state index in [-0.39, 0.29) is 5.91 Å². The minimum absolute atomic E-state index is 0.0369. The Morgan fingerprint density at radius 2 is 1.89 bits per heavy atom. The van der Waals surface area contributed by atoms with Crippen LogP contribution in [0.5, 0.6) is 5.75 Å². The van der Waals surface area contributed by atoms with E-state index in [1.54, 1.807) is 11.6 Å². The molecule has 0 radical (unpaired) electrons. The summed E-state index contributed by atoms with van der Waals surface area (Å²) in [6, 6.07) is 15.2. The minimum atomic E-state index is 0.0369. The summed E-state index contributed by atoms with van der Waals surface area (Å²) >= 11 is 7.50. The van der Waals surface area contributed by atoms with E-state index < -0.39 is 0 Å². The molecule has 1 aliphatic rings. The average molecular weight is 414 g/mol. The van der Waals surface area contributed by atoms with Crippen molar-refractivity contribution in [3.05, 3.63) is 75.7 Å². The van der Waals surface area contributed by atoms with Crippen molar-refractivity contribution in [1.29, 1.82) is 0 Å². The molecule has 0 atom stereocenters. The van der Waals surface area contributed by atoms with Crippen molar-refractivity contribution in [2.45, 2.75) is 6.61 Å². The average Bonchev–Trinajstić information content (AvgIpc) is 3.26. The molecular formula is C21H20ClN3O2S. The van der Waals surface area contributed by atoms with Crippen LogP contribution in [0.15, 0.2) is 59.4 Å². The Kier molecular flexibility index (Phi) is 5.78. The zero-order chi connectivity index (χ0) is 19.3. The first-order chi connectivity index (χ1) is 13.7. The predicted octanol–water partition coefficient (Wildman–Crippen LogP) is 4.34. The number of anilines is 1. The first-order valence-electron chi connectivity index (χ1n) is 9.09. The van der Waals surface area contributed by atoms with Crippen molar-refractivity contribution >= 4 is 34.5 Å². The number of rotatable bonds is 5. The van der Waals surface area contributed by atoms with E-state index in [9.17, 15) is 4.79 Å². The van der Waals surface area contributed by atoms with Crippen LogP contribution in [0.1, 0.15) is 16.1 Å². The molecule has 3 aromatic rings. The molecule has 2 heterocycles. The first-order valence-corrected chi connectivity index (χ1v) is 10.4. The lowest BCUT2D eigenvalue weighted by Crippen LogP contribution is -2.48. The van der Waals surface area contributed by atoms with Gasteiger partial charge in [0.25, 0.3) is 5.91 Å². The van der Waals surface area contributed by atoms with Gasteiger partial charge in [0.05, 0.1) is 11.2 Å². The van der Waals surface area contributed by atoms with Crippen LogP contribution in [0.4, 0.5) is 5.69 Å². The van der Waals surface area contributed by atoms with Crippen molar-refractivity contribution in [3.63, 3.8) is 0 Å². The molecular weight excluding hydrogens is 394 g/mol. The number of benzene rings is 2. The van der Waals surface area contributed by atoms with Gasteiger partial charge in [-0.3, -0.25) is 4.79 Å². The molecule has 0 spiro atoms. The molecule has 28 heavy (non-hydrogen) atoms. The zero-order valence-corrected chi connectivity index (χ0v) is 16.8. The number of halogens is 1. The van der Waals surface area contributed by atoms with E-state index >= 15 is 0 Å². The second-order valence-corrected chi connectivity index (χ2v) is 7.71. The fraction of sp³-hybridized carbons (Fsp3) is 0.238.